The fourth-order valence-corrected chi connectivity index (χ4v) is 3.15. The van der Waals surface area contributed by atoms with Crippen molar-refractivity contribution in [3.05, 3.63) is 18.0 Å². The Balaban J connectivity index is 1.82. The van der Waals surface area contributed by atoms with E-state index >= 15 is 0 Å². The van der Waals surface area contributed by atoms with Crippen LogP contribution in [-0.4, -0.2) is 60.2 Å². The van der Waals surface area contributed by atoms with Gasteiger partial charge in [0.25, 0.3) is 0 Å². The van der Waals surface area contributed by atoms with Crippen molar-refractivity contribution in [1.82, 2.24) is 20.3 Å². The van der Waals surface area contributed by atoms with Crippen LogP contribution in [0.25, 0.3) is 0 Å². The summed E-state index contributed by atoms with van der Waals surface area (Å²) in [6.45, 7) is 7.42. The van der Waals surface area contributed by atoms with Crippen LogP contribution in [0.2, 0.25) is 0 Å². The van der Waals surface area contributed by atoms with Gasteiger partial charge in [-0.2, -0.15) is 0 Å². The lowest BCUT2D eigenvalue weighted by Crippen LogP contribution is -2.50. The molecule has 0 aliphatic carbocycles. The molecule has 2 unspecified atom stereocenters. The van der Waals surface area contributed by atoms with Crippen LogP contribution in [0.5, 0.6) is 0 Å². The highest BCUT2D eigenvalue weighted by molar-refractivity contribution is 5.79. The van der Waals surface area contributed by atoms with Gasteiger partial charge in [0, 0.05) is 38.8 Å². The molecule has 1 fully saturated rings. The molecule has 0 amide bonds. The van der Waals surface area contributed by atoms with Gasteiger partial charge in [-0.1, -0.05) is 11.6 Å². The van der Waals surface area contributed by atoms with Crippen LogP contribution < -0.4 is 5.32 Å². The number of rotatable bonds is 5. The second-order valence-corrected chi connectivity index (χ2v) is 6.21. The van der Waals surface area contributed by atoms with Crippen LogP contribution in [0.15, 0.2) is 21.8 Å². The Morgan fingerprint density at radius 1 is 1.59 bits per heavy atom. The third-order valence-corrected chi connectivity index (χ3v) is 4.44. The van der Waals surface area contributed by atoms with E-state index in [1.807, 2.05) is 20.2 Å². The minimum Gasteiger partial charge on any atom is -0.364 e. The van der Waals surface area contributed by atoms with Crippen LogP contribution in [0.1, 0.15) is 38.8 Å². The molecule has 1 aliphatic heterocycles. The maximum atomic E-state index is 4.87. The standard InChI is InChI=1S/C16H29N5O/c1-13-7-5-6-9-21(13)14(2)11-18-16(17-3)20(4)12-15-8-10-22-19-15/h8,10,13-14H,5-7,9,11-12H2,1-4H3,(H,17,18). The zero-order chi connectivity index (χ0) is 15.9. The highest BCUT2D eigenvalue weighted by atomic mass is 16.5. The van der Waals surface area contributed by atoms with E-state index in [2.05, 4.69) is 39.1 Å². The molecular formula is C16H29N5O. The van der Waals surface area contributed by atoms with E-state index in [9.17, 15) is 0 Å². The van der Waals surface area contributed by atoms with Crippen LogP contribution in [0.3, 0.4) is 0 Å². The van der Waals surface area contributed by atoms with Crippen molar-refractivity contribution in [3.63, 3.8) is 0 Å². The summed E-state index contributed by atoms with van der Waals surface area (Å²) in [5.41, 5.74) is 0.906. The Morgan fingerprint density at radius 2 is 2.41 bits per heavy atom. The van der Waals surface area contributed by atoms with E-state index in [1.54, 1.807) is 6.26 Å². The summed E-state index contributed by atoms with van der Waals surface area (Å²) in [4.78, 5) is 9.02. The first-order valence-corrected chi connectivity index (χ1v) is 8.18. The largest absolute Gasteiger partial charge is 0.364 e. The van der Waals surface area contributed by atoms with Crippen LogP contribution in [0, 0.1) is 0 Å². The molecule has 0 radical (unpaired) electrons. The predicted molar refractivity (Wildman–Crippen MR) is 88.8 cm³/mol. The molecule has 1 aromatic rings. The first kappa shape index (κ1) is 16.8. The molecule has 0 bridgehead atoms. The van der Waals surface area contributed by atoms with E-state index in [1.165, 1.54) is 25.8 Å². The van der Waals surface area contributed by atoms with Gasteiger partial charge >= 0.3 is 0 Å². The summed E-state index contributed by atoms with van der Waals surface area (Å²) in [7, 11) is 3.83. The number of aromatic nitrogens is 1. The molecule has 6 heteroatoms. The number of nitrogens with zero attached hydrogens (tertiary/aromatic N) is 4. The molecule has 22 heavy (non-hydrogen) atoms. The van der Waals surface area contributed by atoms with Gasteiger partial charge in [-0.15, -0.1) is 0 Å². The van der Waals surface area contributed by atoms with E-state index in [0.717, 1.165) is 18.2 Å². The molecule has 0 spiro atoms. The molecular weight excluding hydrogens is 278 g/mol. The summed E-state index contributed by atoms with van der Waals surface area (Å²) in [6.07, 6.45) is 5.58. The van der Waals surface area contributed by atoms with E-state index in [0.29, 0.717) is 18.6 Å². The SMILES string of the molecule is CN=C(NCC(C)N1CCCCC1C)N(C)Cc1ccon1. The van der Waals surface area contributed by atoms with Gasteiger partial charge in [-0.3, -0.25) is 9.89 Å². The number of guanidine groups is 1. The van der Waals surface area contributed by atoms with Gasteiger partial charge in [0.15, 0.2) is 5.96 Å². The molecule has 1 aromatic heterocycles. The van der Waals surface area contributed by atoms with Gasteiger partial charge in [-0.05, 0) is 33.2 Å². The molecule has 1 saturated heterocycles. The lowest BCUT2D eigenvalue weighted by atomic mass is 10.0. The number of nitrogens with one attached hydrogen (secondary N) is 1. The Morgan fingerprint density at radius 3 is 3.05 bits per heavy atom. The number of likely N-dealkylation sites (tertiary alicyclic amines) is 1. The van der Waals surface area contributed by atoms with Crippen molar-refractivity contribution in [3.8, 4) is 0 Å². The molecule has 2 rings (SSSR count). The predicted octanol–water partition coefficient (Wildman–Crippen LogP) is 1.94. The first-order chi connectivity index (χ1) is 10.6. The van der Waals surface area contributed by atoms with E-state index in [-0.39, 0.29) is 0 Å². The fourth-order valence-electron chi connectivity index (χ4n) is 3.15. The molecule has 2 heterocycles. The number of hydrogen-bond donors (Lipinski definition) is 1. The highest BCUT2D eigenvalue weighted by Gasteiger charge is 2.23. The van der Waals surface area contributed by atoms with E-state index in [4.69, 9.17) is 4.52 Å². The molecule has 124 valence electrons. The summed E-state index contributed by atoms with van der Waals surface area (Å²) >= 11 is 0. The zero-order valence-electron chi connectivity index (χ0n) is 14.2. The number of piperidine rings is 1. The molecule has 1 aliphatic rings. The van der Waals surface area contributed by atoms with Gasteiger partial charge in [0.1, 0.15) is 12.0 Å². The van der Waals surface area contributed by atoms with Crippen LogP contribution in [-0.2, 0) is 6.54 Å². The quantitative estimate of drug-likeness (QED) is 0.665. The van der Waals surface area contributed by atoms with Gasteiger partial charge in [0.2, 0.25) is 0 Å². The summed E-state index contributed by atoms with van der Waals surface area (Å²) in [5.74, 6) is 0.888. The first-order valence-electron chi connectivity index (χ1n) is 8.18. The highest BCUT2D eigenvalue weighted by Crippen LogP contribution is 2.18. The Labute approximate surface area is 133 Å². The monoisotopic (exact) mass is 307 g/mol. The molecule has 6 nitrogen and oxygen atoms in total. The van der Waals surface area contributed by atoms with Crippen LogP contribution >= 0.6 is 0 Å². The molecule has 2 atom stereocenters. The van der Waals surface area contributed by atoms with Crippen molar-refractivity contribution in [2.75, 3.05) is 27.2 Å². The third kappa shape index (κ3) is 4.47. The zero-order valence-corrected chi connectivity index (χ0v) is 14.2. The van der Waals surface area contributed by atoms with Gasteiger partial charge < -0.3 is 14.7 Å². The lowest BCUT2D eigenvalue weighted by Gasteiger charge is -2.38. The van der Waals surface area contributed by atoms with Crippen molar-refractivity contribution >= 4 is 5.96 Å². The maximum Gasteiger partial charge on any atom is 0.193 e. The normalized spacial score (nSPS) is 21.6. The average Bonchev–Trinajstić information content (AvgIpc) is 3.01. The summed E-state index contributed by atoms with van der Waals surface area (Å²) in [6, 6.07) is 3.06. The molecule has 0 aromatic carbocycles. The second kappa shape index (κ2) is 8.17. The third-order valence-electron chi connectivity index (χ3n) is 4.44. The minimum absolute atomic E-state index is 0.507. The average molecular weight is 307 g/mol. The smallest absolute Gasteiger partial charge is 0.193 e. The Kier molecular flexibility index (Phi) is 6.24. The van der Waals surface area contributed by atoms with Crippen molar-refractivity contribution in [1.29, 1.82) is 0 Å². The summed E-state index contributed by atoms with van der Waals surface area (Å²) < 4.78 is 4.87. The second-order valence-electron chi connectivity index (χ2n) is 6.21. The van der Waals surface area contributed by atoms with Crippen molar-refractivity contribution < 1.29 is 4.52 Å². The topological polar surface area (TPSA) is 56.9 Å². The number of hydrogen-bond acceptors (Lipinski definition) is 4. The Hall–Kier alpha value is -1.56. The van der Waals surface area contributed by atoms with Crippen molar-refractivity contribution in [2.45, 2.75) is 51.7 Å². The van der Waals surface area contributed by atoms with E-state index < -0.39 is 0 Å². The molecule has 0 saturated carbocycles. The van der Waals surface area contributed by atoms with Crippen LogP contribution in [0.4, 0.5) is 0 Å². The van der Waals surface area contributed by atoms with Crippen molar-refractivity contribution in [2.24, 2.45) is 4.99 Å². The van der Waals surface area contributed by atoms with Gasteiger partial charge in [-0.25, -0.2) is 0 Å². The maximum absolute atomic E-state index is 4.87. The lowest BCUT2D eigenvalue weighted by molar-refractivity contribution is 0.115. The molecule has 1 N–H and O–H groups in total. The number of aliphatic imine (C=N–C) groups is 1. The fraction of sp³-hybridized carbons (Fsp3) is 0.750. The minimum atomic E-state index is 0.507. The summed E-state index contributed by atoms with van der Waals surface area (Å²) in [5, 5.41) is 7.42. The van der Waals surface area contributed by atoms with Gasteiger partial charge in [0.05, 0.1) is 6.54 Å². The Bertz CT molecular complexity index is 459.